The van der Waals surface area contributed by atoms with Crippen molar-refractivity contribution in [3.8, 4) is 0 Å². The van der Waals surface area contributed by atoms with Gasteiger partial charge < -0.3 is 14.3 Å². The van der Waals surface area contributed by atoms with Gasteiger partial charge in [0.05, 0.1) is 18.9 Å². The number of aromatic amines is 1. The summed E-state index contributed by atoms with van der Waals surface area (Å²) >= 11 is 0. The van der Waals surface area contributed by atoms with E-state index >= 15 is 0 Å². The van der Waals surface area contributed by atoms with Crippen molar-refractivity contribution in [2.45, 2.75) is 50.7 Å². The minimum absolute atomic E-state index is 0.0696. The summed E-state index contributed by atoms with van der Waals surface area (Å²) in [4.78, 5) is 25.5. The van der Waals surface area contributed by atoms with Crippen molar-refractivity contribution in [3.05, 3.63) is 93.5 Å². The Balaban J connectivity index is 1.66. The van der Waals surface area contributed by atoms with Crippen molar-refractivity contribution in [1.82, 2.24) is 9.55 Å². The molecule has 0 radical (unpaired) electrons. The fraction of sp³-hybridized carbons (Fsp3) is 0.360. The van der Waals surface area contributed by atoms with Crippen LogP contribution in [0.1, 0.15) is 33.4 Å². The van der Waals surface area contributed by atoms with Gasteiger partial charge >= 0.3 is 5.69 Å². The molecule has 7 nitrogen and oxygen atoms in total. The molecule has 3 aromatic rings. The number of H-pyrrole nitrogens is 1. The number of hydrogen-bond donors (Lipinski definition) is 2. The summed E-state index contributed by atoms with van der Waals surface area (Å²) in [5, 5.41) is 12.6. The third kappa shape index (κ3) is 4.44. The highest BCUT2D eigenvalue weighted by molar-refractivity contribution is 6.99. The van der Waals surface area contributed by atoms with Crippen molar-refractivity contribution in [1.29, 1.82) is 0 Å². The number of aliphatic hydroxyl groups is 1. The number of nitrogens with one attached hydrogen (secondary N) is 1. The lowest BCUT2D eigenvalue weighted by Crippen LogP contribution is -2.67. The lowest BCUT2D eigenvalue weighted by atomic mass is 10.2. The van der Waals surface area contributed by atoms with Gasteiger partial charge in [-0.05, 0) is 15.4 Å². The Morgan fingerprint density at radius 2 is 1.65 bits per heavy atom. The van der Waals surface area contributed by atoms with Crippen LogP contribution in [0.3, 0.4) is 0 Å². The van der Waals surface area contributed by atoms with Crippen LogP contribution in [0, 0.1) is 5.82 Å². The Hall–Kier alpha value is -2.85. The zero-order valence-electron chi connectivity index (χ0n) is 19.4. The lowest BCUT2D eigenvalue weighted by Gasteiger charge is -2.43. The third-order valence-electron chi connectivity index (χ3n) is 6.32. The predicted octanol–water partition coefficient (Wildman–Crippen LogP) is 1.90. The van der Waals surface area contributed by atoms with Crippen LogP contribution in [-0.2, 0) is 9.16 Å². The number of nitrogens with zero attached hydrogens (tertiary/aromatic N) is 1. The van der Waals surface area contributed by atoms with E-state index in [9.17, 15) is 19.1 Å². The highest BCUT2D eigenvalue weighted by Gasteiger charge is 2.51. The van der Waals surface area contributed by atoms with Crippen molar-refractivity contribution in [2.75, 3.05) is 6.61 Å². The molecule has 0 saturated carbocycles. The van der Waals surface area contributed by atoms with Crippen LogP contribution < -0.4 is 21.6 Å². The summed E-state index contributed by atoms with van der Waals surface area (Å²) in [6.45, 7) is 6.54. The second-order valence-electron chi connectivity index (χ2n) is 9.55. The first-order valence-electron chi connectivity index (χ1n) is 11.2. The van der Waals surface area contributed by atoms with Crippen LogP contribution in [-0.4, -0.2) is 41.8 Å². The molecule has 3 atom stereocenters. The molecule has 180 valence electrons. The Labute approximate surface area is 197 Å². The van der Waals surface area contributed by atoms with E-state index in [2.05, 4.69) is 45.0 Å². The van der Waals surface area contributed by atoms with Gasteiger partial charge in [-0.3, -0.25) is 14.3 Å². The molecule has 1 fully saturated rings. The Morgan fingerprint density at radius 1 is 1.09 bits per heavy atom. The average Bonchev–Trinajstić information content (AvgIpc) is 3.17. The van der Waals surface area contributed by atoms with E-state index in [1.807, 2.05) is 41.4 Å². The standard InChI is InChI=1S/C25H29FN2O5Si/c1-25(2,3)34(17-10-6-4-7-11-17,18-12-8-5-9-13-18)32-16-21-20(29)14-22(33-21)28-15-19(26)23(30)27-24(28)31/h4-13,15,20-22,29H,14,16H2,1-3H3,(H,27,30,31)/t20-,21+,22+/m0/s1. The first-order chi connectivity index (χ1) is 16.1. The molecule has 2 aromatic carbocycles. The molecule has 2 heterocycles. The van der Waals surface area contributed by atoms with Crippen molar-refractivity contribution in [2.24, 2.45) is 0 Å². The van der Waals surface area contributed by atoms with Gasteiger partial charge in [-0.15, -0.1) is 0 Å². The zero-order chi connectivity index (χ0) is 24.5. The van der Waals surface area contributed by atoms with E-state index in [0.717, 1.165) is 21.1 Å². The summed E-state index contributed by atoms with van der Waals surface area (Å²) in [5.74, 6) is -1.09. The van der Waals surface area contributed by atoms with Crippen LogP contribution in [0.2, 0.25) is 5.04 Å². The Morgan fingerprint density at radius 3 is 2.18 bits per heavy atom. The smallest absolute Gasteiger partial charge is 0.330 e. The molecule has 1 aromatic heterocycles. The normalized spacial score (nSPS) is 21.0. The van der Waals surface area contributed by atoms with E-state index in [1.54, 1.807) is 0 Å². The highest BCUT2D eigenvalue weighted by Crippen LogP contribution is 2.38. The fourth-order valence-electron chi connectivity index (χ4n) is 4.68. The quantitative estimate of drug-likeness (QED) is 0.522. The summed E-state index contributed by atoms with van der Waals surface area (Å²) in [6, 6.07) is 20.2. The van der Waals surface area contributed by atoms with Crippen LogP contribution in [0.5, 0.6) is 0 Å². The minimum Gasteiger partial charge on any atom is -0.405 e. The van der Waals surface area contributed by atoms with E-state index < -0.39 is 43.8 Å². The van der Waals surface area contributed by atoms with Gasteiger partial charge in [-0.25, -0.2) is 4.79 Å². The summed E-state index contributed by atoms with van der Waals surface area (Å²) in [5.41, 5.74) is -1.89. The second kappa shape index (κ2) is 9.42. The van der Waals surface area contributed by atoms with Gasteiger partial charge in [0.15, 0.2) is 0 Å². The van der Waals surface area contributed by atoms with E-state index in [0.29, 0.717) is 0 Å². The molecular formula is C25H29FN2O5Si. The van der Waals surface area contributed by atoms with Crippen molar-refractivity contribution < 1.29 is 18.7 Å². The Kier molecular flexibility index (Phi) is 6.72. The largest absolute Gasteiger partial charge is 0.405 e. The molecule has 1 aliphatic rings. The lowest BCUT2D eigenvalue weighted by molar-refractivity contribution is -0.0429. The van der Waals surface area contributed by atoms with Crippen LogP contribution in [0.25, 0.3) is 0 Å². The van der Waals surface area contributed by atoms with Crippen molar-refractivity contribution in [3.63, 3.8) is 0 Å². The average molecular weight is 485 g/mol. The first kappa shape index (κ1) is 24.3. The Bertz CT molecular complexity index is 1200. The number of ether oxygens (including phenoxy) is 1. The number of halogens is 1. The molecule has 4 rings (SSSR count). The monoisotopic (exact) mass is 484 g/mol. The van der Waals surface area contributed by atoms with Gasteiger partial charge in [-0.1, -0.05) is 81.4 Å². The maximum atomic E-state index is 13.8. The molecule has 0 aliphatic carbocycles. The zero-order valence-corrected chi connectivity index (χ0v) is 20.4. The molecule has 34 heavy (non-hydrogen) atoms. The number of aromatic nitrogens is 2. The highest BCUT2D eigenvalue weighted by atomic mass is 28.4. The molecule has 1 aliphatic heterocycles. The number of rotatable bonds is 6. The number of benzene rings is 2. The van der Waals surface area contributed by atoms with Gasteiger partial charge in [-0.2, -0.15) is 4.39 Å². The van der Waals surface area contributed by atoms with Crippen LogP contribution in [0.15, 0.2) is 76.4 Å². The summed E-state index contributed by atoms with van der Waals surface area (Å²) < 4.78 is 27.5. The molecule has 1 saturated heterocycles. The van der Waals surface area contributed by atoms with Gasteiger partial charge in [0.25, 0.3) is 13.9 Å². The molecule has 0 amide bonds. The number of hydrogen-bond acceptors (Lipinski definition) is 5. The molecular weight excluding hydrogens is 455 g/mol. The molecule has 0 unspecified atom stereocenters. The maximum absolute atomic E-state index is 13.8. The predicted molar refractivity (Wildman–Crippen MR) is 129 cm³/mol. The van der Waals surface area contributed by atoms with E-state index in [-0.39, 0.29) is 18.1 Å². The molecule has 2 N–H and O–H groups in total. The van der Waals surface area contributed by atoms with Gasteiger partial charge in [0, 0.05) is 6.42 Å². The molecule has 0 spiro atoms. The minimum atomic E-state index is -2.84. The first-order valence-corrected chi connectivity index (χ1v) is 13.1. The van der Waals surface area contributed by atoms with Gasteiger partial charge in [0.1, 0.15) is 12.3 Å². The third-order valence-corrected chi connectivity index (χ3v) is 11.3. The SMILES string of the molecule is CC(C)(C)[Si](OC[C@H]1O[C@@H](n2cc(F)c(=O)[nH]c2=O)C[C@@H]1O)(c1ccccc1)c1ccccc1. The van der Waals surface area contributed by atoms with Crippen LogP contribution >= 0.6 is 0 Å². The second-order valence-corrected chi connectivity index (χ2v) is 13.9. The fourth-order valence-corrected chi connectivity index (χ4v) is 9.25. The summed E-state index contributed by atoms with van der Waals surface area (Å²) in [6.07, 6.45) is -1.69. The molecule has 9 heteroatoms. The number of aliphatic hydroxyl groups excluding tert-OH is 1. The molecule has 0 bridgehead atoms. The van der Waals surface area contributed by atoms with Crippen molar-refractivity contribution >= 4 is 18.7 Å². The van der Waals surface area contributed by atoms with E-state index in [1.165, 1.54) is 0 Å². The summed E-state index contributed by atoms with van der Waals surface area (Å²) in [7, 11) is -2.84. The topological polar surface area (TPSA) is 93.5 Å². The maximum Gasteiger partial charge on any atom is 0.330 e. The van der Waals surface area contributed by atoms with Gasteiger partial charge in [0.2, 0.25) is 5.82 Å². The van der Waals surface area contributed by atoms with Crippen LogP contribution in [0.4, 0.5) is 4.39 Å². The van der Waals surface area contributed by atoms with E-state index in [4.69, 9.17) is 9.16 Å².